The van der Waals surface area contributed by atoms with E-state index in [2.05, 4.69) is 26.8 Å². The van der Waals surface area contributed by atoms with Gasteiger partial charge in [-0.2, -0.15) is 0 Å². The van der Waals surface area contributed by atoms with Crippen molar-refractivity contribution in [3.63, 3.8) is 0 Å². The molecule has 0 amide bonds. The average Bonchev–Trinajstić information content (AvgIpc) is 3.29. The van der Waals surface area contributed by atoms with Crippen LogP contribution >= 0.6 is 0 Å². The summed E-state index contributed by atoms with van der Waals surface area (Å²) in [6, 6.07) is 0.0879. The summed E-state index contributed by atoms with van der Waals surface area (Å²) in [5.74, 6) is 0.249. The smallest absolute Gasteiger partial charge is 0.101 e. The Morgan fingerprint density at radius 3 is 2.70 bits per heavy atom. The molecule has 20 heavy (non-hydrogen) atoms. The highest BCUT2D eigenvalue weighted by Gasteiger charge is 2.71. The summed E-state index contributed by atoms with van der Waals surface area (Å²) in [6.07, 6.45) is 5.54. The fourth-order valence-corrected chi connectivity index (χ4v) is 4.02. The van der Waals surface area contributed by atoms with Crippen molar-refractivity contribution in [2.75, 3.05) is 13.7 Å². The molecule has 1 aliphatic carbocycles. The van der Waals surface area contributed by atoms with Crippen LogP contribution in [0.2, 0.25) is 0 Å². The van der Waals surface area contributed by atoms with Gasteiger partial charge in [-0.05, 0) is 40.0 Å². The van der Waals surface area contributed by atoms with E-state index >= 15 is 0 Å². The predicted octanol–water partition coefficient (Wildman–Crippen LogP) is 2.02. The minimum absolute atomic E-state index is 0.0351. The van der Waals surface area contributed by atoms with Gasteiger partial charge >= 0.3 is 0 Å². The Morgan fingerprint density at radius 1 is 1.45 bits per heavy atom. The average molecular weight is 281 g/mol. The Balaban J connectivity index is 1.78. The van der Waals surface area contributed by atoms with Crippen LogP contribution in [0.5, 0.6) is 0 Å². The van der Waals surface area contributed by atoms with Crippen molar-refractivity contribution in [1.29, 1.82) is 0 Å². The van der Waals surface area contributed by atoms with Crippen molar-refractivity contribution >= 4 is 0 Å². The minimum Gasteiger partial charge on any atom is -0.379 e. The predicted molar refractivity (Wildman–Crippen MR) is 77.5 cm³/mol. The van der Waals surface area contributed by atoms with E-state index in [4.69, 9.17) is 19.9 Å². The van der Waals surface area contributed by atoms with Crippen molar-refractivity contribution in [1.82, 2.24) is 0 Å². The molecule has 2 heterocycles. The van der Waals surface area contributed by atoms with Gasteiger partial charge in [-0.1, -0.05) is 11.6 Å². The monoisotopic (exact) mass is 281 g/mol. The number of hydrogen-bond donors (Lipinski definition) is 1. The zero-order chi connectivity index (χ0) is 14.5. The SMILES string of the molecule is CO[C@@H]1[C@H](N)CC[C@]2(CO2)[C@H]1[C@@]1(C)O[C@@H]1CC=C(C)C. The second kappa shape index (κ2) is 4.80. The van der Waals surface area contributed by atoms with E-state index in [0.29, 0.717) is 0 Å². The first kappa shape index (κ1) is 14.5. The van der Waals surface area contributed by atoms with Gasteiger partial charge in [0, 0.05) is 19.1 Å². The maximum absolute atomic E-state index is 6.27. The van der Waals surface area contributed by atoms with Crippen molar-refractivity contribution < 1.29 is 14.2 Å². The first-order chi connectivity index (χ1) is 9.43. The summed E-state index contributed by atoms with van der Waals surface area (Å²) in [4.78, 5) is 0. The Kier molecular flexibility index (Phi) is 3.49. The number of nitrogens with two attached hydrogens (primary N) is 1. The Hall–Kier alpha value is -0.420. The Labute approximate surface area is 121 Å². The fraction of sp³-hybridized carbons (Fsp3) is 0.875. The quantitative estimate of drug-likeness (QED) is 0.632. The van der Waals surface area contributed by atoms with Crippen LogP contribution in [-0.2, 0) is 14.2 Å². The van der Waals surface area contributed by atoms with Gasteiger partial charge in [0.1, 0.15) is 5.60 Å². The number of ether oxygens (including phenoxy) is 3. The lowest BCUT2D eigenvalue weighted by atomic mass is 9.67. The van der Waals surface area contributed by atoms with Gasteiger partial charge < -0.3 is 19.9 Å². The highest BCUT2D eigenvalue weighted by molar-refractivity contribution is 5.21. The molecule has 3 fully saturated rings. The van der Waals surface area contributed by atoms with Crippen LogP contribution in [0.4, 0.5) is 0 Å². The normalized spacial score (nSPS) is 50.0. The van der Waals surface area contributed by atoms with Crippen molar-refractivity contribution in [2.24, 2.45) is 11.7 Å². The van der Waals surface area contributed by atoms with Crippen molar-refractivity contribution in [2.45, 2.75) is 69.5 Å². The van der Waals surface area contributed by atoms with Crippen LogP contribution in [-0.4, -0.2) is 43.2 Å². The topological polar surface area (TPSA) is 60.3 Å². The van der Waals surface area contributed by atoms with E-state index in [1.54, 1.807) is 7.11 Å². The van der Waals surface area contributed by atoms with Gasteiger partial charge in [-0.3, -0.25) is 0 Å². The molecule has 1 spiro atoms. The molecule has 3 aliphatic rings. The molecule has 1 saturated carbocycles. The number of allylic oxidation sites excluding steroid dienone is 1. The summed E-state index contributed by atoms with van der Waals surface area (Å²) < 4.78 is 17.7. The van der Waals surface area contributed by atoms with Gasteiger partial charge in [0.25, 0.3) is 0 Å². The van der Waals surface area contributed by atoms with Crippen LogP contribution < -0.4 is 5.73 Å². The van der Waals surface area contributed by atoms with Crippen LogP contribution in [0.3, 0.4) is 0 Å². The largest absolute Gasteiger partial charge is 0.379 e. The lowest BCUT2D eigenvalue weighted by molar-refractivity contribution is -0.0601. The van der Waals surface area contributed by atoms with E-state index in [9.17, 15) is 0 Å². The number of hydrogen-bond acceptors (Lipinski definition) is 4. The summed E-state index contributed by atoms with van der Waals surface area (Å²) in [7, 11) is 1.76. The second-order valence-corrected chi connectivity index (χ2v) is 7.04. The van der Waals surface area contributed by atoms with Crippen LogP contribution in [0.1, 0.15) is 40.0 Å². The van der Waals surface area contributed by atoms with Crippen LogP contribution in [0.15, 0.2) is 11.6 Å². The second-order valence-electron chi connectivity index (χ2n) is 7.04. The molecule has 3 rings (SSSR count). The van der Waals surface area contributed by atoms with E-state index in [0.717, 1.165) is 25.9 Å². The lowest BCUT2D eigenvalue weighted by Gasteiger charge is -2.42. The third-order valence-electron chi connectivity index (χ3n) is 5.34. The summed E-state index contributed by atoms with van der Waals surface area (Å²) in [5, 5.41) is 0. The summed E-state index contributed by atoms with van der Waals surface area (Å²) in [5.41, 5.74) is 7.42. The van der Waals surface area contributed by atoms with Gasteiger partial charge in [-0.15, -0.1) is 0 Å². The lowest BCUT2D eigenvalue weighted by Crippen LogP contribution is -2.57. The molecular formula is C16H27NO3. The molecule has 0 aromatic carbocycles. The van der Waals surface area contributed by atoms with Crippen molar-refractivity contribution in [3.05, 3.63) is 11.6 Å². The van der Waals surface area contributed by atoms with E-state index in [1.807, 2.05) is 0 Å². The molecule has 4 nitrogen and oxygen atoms in total. The fourth-order valence-electron chi connectivity index (χ4n) is 4.02. The summed E-state index contributed by atoms with van der Waals surface area (Å²) >= 11 is 0. The molecule has 4 heteroatoms. The Bertz CT molecular complexity index is 414. The molecule has 6 atom stereocenters. The standard InChI is InChI=1S/C16H27NO3/c1-10(2)5-6-12-15(3,20-12)14-13(18-4)11(17)7-8-16(14)9-19-16/h5,11-14H,6-9,17H2,1-4H3/t11-,12-,13-,14-,15+,16+/m1/s1. The number of rotatable bonds is 4. The molecular weight excluding hydrogens is 254 g/mol. The third kappa shape index (κ3) is 2.23. The number of epoxide rings is 2. The van der Waals surface area contributed by atoms with Gasteiger partial charge in [-0.25, -0.2) is 0 Å². The van der Waals surface area contributed by atoms with Gasteiger partial charge in [0.2, 0.25) is 0 Å². The zero-order valence-corrected chi connectivity index (χ0v) is 13.0. The van der Waals surface area contributed by atoms with E-state index in [1.165, 1.54) is 5.57 Å². The maximum Gasteiger partial charge on any atom is 0.101 e. The van der Waals surface area contributed by atoms with Crippen LogP contribution in [0, 0.1) is 5.92 Å². The highest BCUT2D eigenvalue weighted by atomic mass is 16.6. The molecule has 0 aromatic heterocycles. The highest BCUT2D eigenvalue weighted by Crippen LogP contribution is 2.59. The zero-order valence-electron chi connectivity index (χ0n) is 13.0. The first-order valence-electron chi connectivity index (χ1n) is 7.66. The molecule has 2 saturated heterocycles. The van der Waals surface area contributed by atoms with E-state index < -0.39 is 0 Å². The third-order valence-corrected chi connectivity index (χ3v) is 5.34. The van der Waals surface area contributed by atoms with Crippen molar-refractivity contribution in [3.8, 4) is 0 Å². The molecule has 0 aromatic rings. The van der Waals surface area contributed by atoms with Gasteiger partial charge in [0.15, 0.2) is 0 Å². The molecule has 2 aliphatic heterocycles. The molecule has 0 bridgehead atoms. The molecule has 114 valence electrons. The van der Waals surface area contributed by atoms with Crippen LogP contribution in [0.25, 0.3) is 0 Å². The minimum atomic E-state index is -0.152. The molecule has 2 N–H and O–H groups in total. The molecule has 0 unspecified atom stereocenters. The maximum atomic E-state index is 6.27. The summed E-state index contributed by atoms with van der Waals surface area (Å²) in [6.45, 7) is 7.28. The number of methoxy groups -OCH3 is 1. The van der Waals surface area contributed by atoms with Gasteiger partial charge in [0.05, 0.1) is 24.4 Å². The Morgan fingerprint density at radius 2 is 2.15 bits per heavy atom. The van der Waals surface area contributed by atoms with E-state index in [-0.39, 0.29) is 35.4 Å². The first-order valence-corrected chi connectivity index (χ1v) is 7.66. The molecule has 0 radical (unpaired) electrons.